The molecule has 0 saturated heterocycles. The Morgan fingerprint density at radius 2 is 2.00 bits per heavy atom. The lowest BCUT2D eigenvalue weighted by atomic mass is 10.4. The molecule has 14 heavy (non-hydrogen) atoms. The molecule has 0 atom stereocenters. The molecule has 0 bridgehead atoms. The first-order valence-corrected chi connectivity index (χ1v) is 4.17. The summed E-state index contributed by atoms with van der Waals surface area (Å²) in [5.41, 5.74) is -0.262. The van der Waals surface area contributed by atoms with Crippen molar-refractivity contribution in [2.75, 3.05) is 19.0 Å². The quantitative estimate of drug-likeness (QED) is 0.425. The van der Waals surface area contributed by atoms with Gasteiger partial charge in [0.25, 0.3) is 0 Å². The van der Waals surface area contributed by atoms with Crippen molar-refractivity contribution in [2.24, 2.45) is 0 Å². The van der Waals surface area contributed by atoms with Gasteiger partial charge in [0.05, 0.1) is 4.92 Å². The molecule has 0 amide bonds. The largest absolute Gasteiger partial charge is 0.357 e. The summed E-state index contributed by atoms with van der Waals surface area (Å²) < 4.78 is 0. The number of halogens is 1. The van der Waals surface area contributed by atoms with Crippen LogP contribution in [-0.4, -0.2) is 29.0 Å². The van der Waals surface area contributed by atoms with E-state index in [1.807, 2.05) is 0 Å². The lowest BCUT2D eigenvalue weighted by Gasteiger charge is -2.11. The van der Waals surface area contributed by atoms with Gasteiger partial charge in [0.2, 0.25) is 11.0 Å². The fraction of sp³-hybridized carbons (Fsp3) is 0.429. The highest BCUT2D eigenvalue weighted by atomic mass is 35.5. The maximum Gasteiger partial charge on any atom is 0.348 e. The van der Waals surface area contributed by atoms with Crippen molar-refractivity contribution < 1.29 is 4.92 Å². The van der Waals surface area contributed by atoms with Gasteiger partial charge in [-0.2, -0.15) is 0 Å². The van der Waals surface area contributed by atoms with Gasteiger partial charge in [-0.05, 0) is 6.92 Å². The Balaban J connectivity index is 3.44. The fourth-order valence-electron chi connectivity index (χ4n) is 0.987. The molecule has 76 valence electrons. The van der Waals surface area contributed by atoms with Gasteiger partial charge in [0.1, 0.15) is 5.82 Å². The maximum atomic E-state index is 10.7. The molecule has 0 spiro atoms. The van der Waals surface area contributed by atoms with Crippen molar-refractivity contribution in [1.82, 2.24) is 9.97 Å². The second-order valence-corrected chi connectivity index (χ2v) is 3.24. The SMILES string of the molecule is Cc1nc(Cl)c([N+](=O)[O-])c(N(C)C)n1. The van der Waals surface area contributed by atoms with Crippen molar-refractivity contribution in [3.63, 3.8) is 0 Å². The van der Waals surface area contributed by atoms with Crippen molar-refractivity contribution in [1.29, 1.82) is 0 Å². The second-order valence-electron chi connectivity index (χ2n) is 2.89. The molecule has 0 aliphatic carbocycles. The van der Waals surface area contributed by atoms with E-state index in [0.717, 1.165) is 0 Å². The molecule has 0 fully saturated rings. The summed E-state index contributed by atoms with van der Waals surface area (Å²) in [6, 6.07) is 0. The van der Waals surface area contributed by atoms with E-state index in [4.69, 9.17) is 11.6 Å². The highest BCUT2D eigenvalue weighted by Crippen LogP contribution is 2.30. The Bertz CT molecular complexity index is 380. The molecule has 7 heteroatoms. The number of nitro groups is 1. The van der Waals surface area contributed by atoms with E-state index in [2.05, 4.69) is 9.97 Å². The topological polar surface area (TPSA) is 72.2 Å². The van der Waals surface area contributed by atoms with Crippen LogP contribution in [0.25, 0.3) is 0 Å². The number of hydrogen-bond donors (Lipinski definition) is 0. The molecule has 0 aromatic carbocycles. The van der Waals surface area contributed by atoms with E-state index in [9.17, 15) is 10.1 Å². The predicted octanol–water partition coefficient (Wildman–Crippen LogP) is 1.41. The van der Waals surface area contributed by atoms with Crippen molar-refractivity contribution >= 4 is 23.1 Å². The monoisotopic (exact) mass is 216 g/mol. The molecule has 1 aromatic heterocycles. The molecule has 0 aliphatic rings. The summed E-state index contributed by atoms with van der Waals surface area (Å²) in [5.74, 6) is 0.622. The number of aryl methyl sites for hydroxylation is 1. The van der Waals surface area contributed by atoms with Crippen LogP contribution in [0.1, 0.15) is 5.82 Å². The minimum absolute atomic E-state index is 0.133. The summed E-state index contributed by atoms with van der Waals surface area (Å²) in [7, 11) is 3.32. The van der Waals surface area contributed by atoms with Crippen LogP contribution in [0.3, 0.4) is 0 Å². The van der Waals surface area contributed by atoms with Crippen molar-refractivity contribution in [2.45, 2.75) is 6.92 Å². The fourth-order valence-corrected chi connectivity index (χ4v) is 1.26. The molecule has 0 N–H and O–H groups in total. The zero-order chi connectivity index (χ0) is 10.9. The highest BCUT2D eigenvalue weighted by molar-refractivity contribution is 6.31. The predicted molar refractivity (Wildman–Crippen MR) is 52.8 cm³/mol. The summed E-state index contributed by atoms with van der Waals surface area (Å²) >= 11 is 5.65. The third kappa shape index (κ3) is 1.90. The van der Waals surface area contributed by atoms with Crippen LogP contribution in [-0.2, 0) is 0 Å². The van der Waals surface area contributed by atoms with Crippen molar-refractivity contribution in [3.8, 4) is 0 Å². The smallest absolute Gasteiger partial charge is 0.348 e. The van der Waals surface area contributed by atoms with Gasteiger partial charge in [-0.25, -0.2) is 9.97 Å². The number of aromatic nitrogens is 2. The van der Waals surface area contributed by atoms with Gasteiger partial charge in [-0.15, -0.1) is 0 Å². The minimum atomic E-state index is -0.586. The summed E-state index contributed by atoms with van der Waals surface area (Å²) in [6.45, 7) is 1.63. The molecule has 1 rings (SSSR count). The Morgan fingerprint density at radius 3 is 2.43 bits per heavy atom. The van der Waals surface area contributed by atoms with E-state index < -0.39 is 4.92 Å². The molecule has 0 aliphatic heterocycles. The summed E-state index contributed by atoms with van der Waals surface area (Å²) in [5, 5.41) is 10.5. The van der Waals surface area contributed by atoms with E-state index in [1.54, 1.807) is 21.0 Å². The van der Waals surface area contributed by atoms with Gasteiger partial charge >= 0.3 is 5.69 Å². The van der Waals surface area contributed by atoms with Crippen LogP contribution < -0.4 is 4.90 Å². The van der Waals surface area contributed by atoms with E-state index >= 15 is 0 Å². The summed E-state index contributed by atoms with van der Waals surface area (Å²) in [4.78, 5) is 19.3. The number of nitrogens with zero attached hydrogens (tertiary/aromatic N) is 4. The molecule has 6 nitrogen and oxygen atoms in total. The lowest BCUT2D eigenvalue weighted by Crippen LogP contribution is -2.14. The second kappa shape index (κ2) is 3.75. The Hall–Kier alpha value is -1.43. The molecular formula is C7H9ClN4O2. The van der Waals surface area contributed by atoms with Crippen LogP contribution in [0.5, 0.6) is 0 Å². The Labute approximate surface area is 85.7 Å². The third-order valence-corrected chi connectivity index (χ3v) is 1.80. The summed E-state index contributed by atoms with van der Waals surface area (Å²) in [6.07, 6.45) is 0. The maximum absolute atomic E-state index is 10.7. The third-order valence-electron chi connectivity index (χ3n) is 1.54. The highest BCUT2D eigenvalue weighted by Gasteiger charge is 2.23. The van der Waals surface area contributed by atoms with Gasteiger partial charge < -0.3 is 4.90 Å². The molecule has 0 saturated carbocycles. The molecule has 0 radical (unpaired) electrons. The Morgan fingerprint density at radius 1 is 1.43 bits per heavy atom. The average molecular weight is 217 g/mol. The van der Waals surface area contributed by atoms with E-state index in [1.165, 1.54) is 4.90 Å². The molecule has 1 heterocycles. The zero-order valence-corrected chi connectivity index (χ0v) is 8.74. The van der Waals surface area contributed by atoms with Gasteiger partial charge in [0, 0.05) is 14.1 Å². The van der Waals surface area contributed by atoms with Crippen molar-refractivity contribution in [3.05, 3.63) is 21.1 Å². The molecule has 0 unspecified atom stereocenters. The minimum Gasteiger partial charge on any atom is -0.357 e. The molecular weight excluding hydrogens is 208 g/mol. The lowest BCUT2D eigenvalue weighted by molar-refractivity contribution is -0.384. The first-order chi connectivity index (χ1) is 6.43. The van der Waals surface area contributed by atoms with Crippen LogP contribution >= 0.6 is 11.6 Å². The first-order valence-electron chi connectivity index (χ1n) is 3.79. The van der Waals surface area contributed by atoms with Crippen LogP contribution in [0.2, 0.25) is 5.15 Å². The van der Waals surface area contributed by atoms with E-state index in [0.29, 0.717) is 5.82 Å². The van der Waals surface area contributed by atoms with Gasteiger partial charge in [0.15, 0.2) is 0 Å². The van der Waals surface area contributed by atoms with Gasteiger partial charge in [-0.1, -0.05) is 11.6 Å². The molecule has 1 aromatic rings. The normalized spacial score (nSPS) is 10.0. The van der Waals surface area contributed by atoms with E-state index in [-0.39, 0.29) is 16.7 Å². The average Bonchev–Trinajstić information content (AvgIpc) is 2.01. The number of anilines is 1. The Kier molecular flexibility index (Phi) is 2.85. The zero-order valence-electron chi connectivity index (χ0n) is 7.98. The first kappa shape index (κ1) is 10.6. The number of rotatable bonds is 2. The van der Waals surface area contributed by atoms with Crippen LogP contribution in [0.15, 0.2) is 0 Å². The van der Waals surface area contributed by atoms with Crippen LogP contribution in [0.4, 0.5) is 11.5 Å². The standard InChI is InChI=1S/C7H9ClN4O2/c1-4-9-6(8)5(12(13)14)7(10-4)11(2)3/h1-3H3. The van der Waals surface area contributed by atoms with Gasteiger partial charge in [-0.3, -0.25) is 10.1 Å². The van der Waals surface area contributed by atoms with Crippen LogP contribution in [0, 0.1) is 17.0 Å². The number of hydrogen-bond acceptors (Lipinski definition) is 5.